The van der Waals surface area contributed by atoms with Crippen molar-refractivity contribution in [1.82, 2.24) is 4.98 Å². The molecule has 1 heterocycles. The van der Waals surface area contributed by atoms with Crippen LogP contribution in [-0.4, -0.2) is 17.4 Å². The van der Waals surface area contributed by atoms with Gasteiger partial charge in [0, 0.05) is 6.42 Å². The maximum atomic E-state index is 11.7. The van der Waals surface area contributed by atoms with Gasteiger partial charge in [0.15, 0.2) is 5.13 Å². The zero-order valence-corrected chi connectivity index (χ0v) is 12.3. The number of aromatic nitrogens is 1. The molecule has 0 saturated carbocycles. The Morgan fingerprint density at radius 2 is 2.41 bits per heavy atom. The molecule has 0 bridgehead atoms. The van der Waals surface area contributed by atoms with Gasteiger partial charge in [-0.2, -0.15) is 0 Å². The third-order valence-electron chi connectivity index (χ3n) is 2.66. The molecule has 3 N–H and O–H groups in total. The van der Waals surface area contributed by atoms with Gasteiger partial charge in [-0.1, -0.05) is 24.7 Å². The molecule has 0 spiro atoms. The van der Waals surface area contributed by atoms with E-state index in [1.54, 1.807) is 6.20 Å². The van der Waals surface area contributed by atoms with E-state index in [0.29, 0.717) is 24.0 Å². The molecule has 0 aromatic carbocycles. The van der Waals surface area contributed by atoms with E-state index in [2.05, 4.69) is 33.2 Å². The molecular formula is C11H18BrN3OS. The quantitative estimate of drug-likeness (QED) is 0.811. The Bertz CT molecular complexity index is 356. The van der Waals surface area contributed by atoms with Crippen LogP contribution in [-0.2, 0) is 4.79 Å². The number of amides is 1. The maximum Gasteiger partial charge on any atom is 0.226 e. The van der Waals surface area contributed by atoms with Crippen molar-refractivity contribution in [3.05, 3.63) is 9.98 Å². The third kappa shape index (κ3) is 5.61. The Kier molecular flexibility index (Phi) is 6.69. The van der Waals surface area contributed by atoms with Crippen LogP contribution in [0.25, 0.3) is 0 Å². The van der Waals surface area contributed by atoms with Crippen LogP contribution in [0.1, 0.15) is 32.6 Å². The van der Waals surface area contributed by atoms with E-state index < -0.39 is 0 Å². The van der Waals surface area contributed by atoms with E-state index in [-0.39, 0.29) is 5.91 Å². The molecule has 1 rings (SSSR count). The van der Waals surface area contributed by atoms with Crippen molar-refractivity contribution in [2.45, 2.75) is 32.6 Å². The number of nitrogens with one attached hydrogen (secondary N) is 1. The molecule has 1 unspecified atom stereocenters. The van der Waals surface area contributed by atoms with Gasteiger partial charge in [-0.25, -0.2) is 4.98 Å². The van der Waals surface area contributed by atoms with Gasteiger partial charge in [0.2, 0.25) is 5.91 Å². The molecular weight excluding hydrogens is 302 g/mol. The second-order valence-electron chi connectivity index (χ2n) is 3.91. The smallest absolute Gasteiger partial charge is 0.226 e. The highest BCUT2D eigenvalue weighted by molar-refractivity contribution is 9.11. The summed E-state index contributed by atoms with van der Waals surface area (Å²) in [7, 11) is 0. The van der Waals surface area contributed by atoms with Crippen molar-refractivity contribution in [2.24, 2.45) is 11.7 Å². The third-order valence-corrected chi connectivity index (χ3v) is 4.05. The molecule has 6 heteroatoms. The molecule has 0 fully saturated rings. The number of hydrogen-bond acceptors (Lipinski definition) is 4. The summed E-state index contributed by atoms with van der Waals surface area (Å²) >= 11 is 4.73. The van der Waals surface area contributed by atoms with Crippen LogP contribution >= 0.6 is 27.3 Å². The van der Waals surface area contributed by atoms with Crippen LogP contribution < -0.4 is 11.1 Å². The van der Waals surface area contributed by atoms with Gasteiger partial charge in [0.25, 0.3) is 0 Å². The van der Waals surface area contributed by atoms with E-state index in [9.17, 15) is 4.79 Å². The average Bonchev–Trinajstić information content (AvgIpc) is 2.70. The highest BCUT2D eigenvalue weighted by atomic mass is 79.9. The van der Waals surface area contributed by atoms with Crippen LogP contribution in [0.15, 0.2) is 9.98 Å². The molecule has 0 aliphatic carbocycles. The summed E-state index contributed by atoms with van der Waals surface area (Å²) in [6, 6.07) is 0. The van der Waals surface area contributed by atoms with Crippen LogP contribution in [0.3, 0.4) is 0 Å². The summed E-state index contributed by atoms with van der Waals surface area (Å²) in [6.45, 7) is 2.83. The number of carbonyl (C=O) groups is 1. The van der Waals surface area contributed by atoms with Crippen molar-refractivity contribution < 1.29 is 4.79 Å². The number of hydrogen-bond donors (Lipinski definition) is 2. The molecule has 96 valence electrons. The van der Waals surface area contributed by atoms with Gasteiger partial charge in [-0.05, 0) is 41.2 Å². The number of thiazole rings is 1. The molecule has 0 aliphatic heterocycles. The average molecular weight is 320 g/mol. The Labute approximate surface area is 114 Å². The van der Waals surface area contributed by atoms with Crippen LogP contribution in [0.5, 0.6) is 0 Å². The summed E-state index contributed by atoms with van der Waals surface area (Å²) in [5.74, 6) is 0.580. The van der Waals surface area contributed by atoms with Gasteiger partial charge in [-0.15, -0.1) is 0 Å². The van der Waals surface area contributed by atoms with E-state index in [4.69, 9.17) is 5.73 Å². The van der Waals surface area contributed by atoms with Crippen molar-refractivity contribution in [1.29, 1.82) is 0 Å². The minimum atomic E-state index is 0.0299. The number of anilines is 1. The number of halogens is 1. The topological polar surface area (TPSA) is 68.0 Å². The largest absolute Gasteiger partial charge is 0.330 e. The molecule has 0 radical (unpaired) electrons. The van der Waals surface area contributed by atoms with Gasteiger partial charge >= 0.3 is 0 Å². The van der Waals surface area contributed by atoms with Crippen molar-refractivity contribution in [2.75, 3.05) is 11.9 Å². The zero-order chi connectivity index (χ0) is 12.7. The molecule has 4 nitrogen and oxygen atoms in total. The van der Waals surface area contributed by atoms with Crippen LogP contribution in [0.4, 0.5) is 5.13 Å². The summed E-state index contributed by atoms with van der Waals surface area (Å²) in [6.07, 6.45) is 5.19. The molecule has 1 aromatic heterocycles. The highest BCUT2D eigenvalue weighted by Gasteiger charge is 2.10. The lowest BCUT2D eigenvalue weighted by molar-refractivity contribution is -0.116. The lowest BCUT2D eigenvalue weighted by Crippen LogP contribution is -2.14. The molecule has 17 heavy (non-hydrogen) atoms. The summed E-state index contributed by atoms with van der Waals surface area (Å²) in [4.78, 5) is 15.7. The van der Waals surface area contributed by atoms with Gasteiger partial charge in [0.05, 0.1) is 9.98 Å². The minimum Gasteiger partial charge on any atom is -0.330 e. The molecule has 1 amide bonds. The SMILES string of the molecule is CCC(CCN)CCC(=O)Nc1ncc(Br)s1. The van der Waals surface area contributed by atoms with Crippen molar-refractivity contribution in [3.63, 3.8) is 0 Å². The fraction of sp³-hybridized carbons (Fsp3) is 0.636. The van der Waals surface area contributed by atoms with Crippen molar-refractivity contribution in [3.8, 4) is 0 Å². The number of rotatable bonds is 7. The second-order valence-corrected chi connectivity index (χ2v) is 6.32. The standard InChI is InChI=1S/C11H18BrN3OS/c1-2-8(5-6-13)3-4-10(16)15-11-14-7-9(12)17-11/h7-8H,2-6,13H2,1H3,(H,14,15,16). The number of carbonyl (C=O) groups excluding carboxylic acids is 1. The van der Waals surface area contributed by atoms with Gasteiger partial charge in [-0.3, -0.25) is 4.79 Å². The Morgan fingerprint density at radius 3 is 2.94 bits per heavy atom. The van der Waals surface area contributed by atoms with E-state index in [1.165, 1.54) is 11.3 Å². The van der Waals surface area contributed by atoms with E-state index >= 15 is 0 Å². The van der Waals surface area contributed by atoms with E-state index in [0.717, 1.165) is 23.0 Å². The lowest BCUT2D eigenvalue weighted by Gasteiger charge is -2.12. The predicted molar refractivity (Wildman–Crippen MR) is 75.1 cm³/mol. The second kappa shape index (κ2) is 7.79. The van der Waals surface area contributed by atoms with Gasteiger partial charge < -0.3 is 11.1 Å². The van der Waals surface area contributed by atoms with Crippen LogP contribution in [0, 0.1) is 5.92 Å². The summed E-state index contributed by atoms with van der Waals surface area (Å²) < 4.78 is 0.919. The first-order valence-corrected chi connectivity index (χ1v) is 7.37. The lowest BCUT2D eigenvalue weighted by atomic mass is 9.96. The molecule has 0 aliphatic rings. The molecule has 1 atom stereocenters. The maximum absolute atomic E-state index is 11.7. The first-order chi connectivity index (χ1) is 8.15. The summed E-state index contributed by atoms with van der Waals surface area (Å²) in [5.41, 5.74) is 5.52. The monoisotopic (exact) mass is 319 g/mol. The summed E-state index contributed by atoms with van der Waals surface area (Å²) in [5, 5.41) is 3.44. The first-order valence-electron chi connectivity index (χ1n) is 5.77. The Morgan fingerprint density at radius 1 is 1.65 bits per heavy atom. The first kappa shape index (κ1) is 14.6. The minimum absolute atomic E-state index is 0.0299. The number of nitrogens with two attached hydrogens (primary N) is 1. The zero-order valence-electron chi connectivity index (χ0n) is 9.91. The Hall–Kier alpha value is -0.460. The van der Waals surface area contributed by atoms with Crippen molar-refractivity contribution >= 4 is 38.3 Å². The predicted octanol–water partition coefficient (Wildman–Crippen LogP) is 3.00. The normalized spacial score (nSPS) is 12.4. The van der Waals surface area contributed by atoms with Gasteiger partial charge in [0.1, 0.15) is 0 Å². The fourth-order valence-electron chi connectivity index (χ4n) is 1.62. The van der Waals surface area contributed by atoms with Crippen LogP contribution in [0.2, 0.25) is 0 Å². The highest BCUT2D eigenvalue weighted by Crippen LogP contribution is 2.23. The van der Waals surface area contributed by atoms with E-state index in [1.807, 2.05) is 0 Å². The Balaban J connectivity index is 2.29. The molecule has 0 saturated heterocycles. The fourth-order valence-corrected chi connectivity index (χ4v) is 2.74. The molecule has 1 aromatic rings. The number of nitrogens with zero attached hydrogens (tertiary/aromatic N) is 1.